The lowest BCUT2D eigenvalue weighted by Crippen LogP contribution is -2.16. The van der Waals surface area contributed by atoms with E-state index in [0.717, 1.165) is 12.1 Å². The van der Waals surface area contributed by atoms with Crippen LogP contribution in [0, 0.1) is 17.1 Å². The molecule has 1 aromatic carbocycles. The van der Waals surface area contributed by atoms with Gasteiger partial charge in [0.25, 0.3) is 0 Å². The number of amides is 1. The molecule has 0 saturated heterocycles. The largest absolute Gasteiger partial charge is 0.410 e. The molecule has 1 amide bonds. The summed E-state index contributed by atoms with van der Waals surface area (Å²) in [5.74, 6) is -0.773. The average molecular weight is 180 g/mol. The van der Waals surface area contributed by atoms with Crippen molar-refractivity contribution in [3.8, 4) is 11.8 Å². The van der Waals surface area contributed by atoms with Gasteiger partial charge >= 0.3 is 6.09 Å². The summed E-state index contributed by atoms with van der Waals surface area (Å²) in [5, 5.41) is 8.52. The lowest BCUT2D eigenvalue weighted by molar-refractivity contribution is 0.210. The Bertz CT molecular complexity index is 384. The number of nitrogens with zero attached hydrogens (tertiary/aromatic N) is 1. The van der Waals surface area contributed by atoms with Gasteiger partial charge in [0.15, 0.2) is 5.75 Å². The Hall–Kier alpha value is -2.09. The first-order valence-corrected chi connectivity index (χ1v) is 3.30. The highest BCUT2D eigenvalue weighted by Crippen LogP contribution is 2.18. The van der Waals surface area contributed by atoms with E-state index in [0.29, 0.717) is 0 Å². The molecular formula is C8H5FN2O2. The fourth-order valence-corrected chi connectivity index (χ4v) is 0.781. The minimum absolute atomic E-state index is 0.0557. The van der Waals surface area contributed by atoms with E-state index in [2.05, 4.69) is 4.74 Å². The maximum atomic E-state index is 12.6. The van der Waals surface area contributed by atoms with Crippen molar-refractivity contribution in [3.63, 3.8) is 0 Å². The Balaban J connectivity index is 3.10. The third kappa shape index (κ3) is 2.17. The van der Waals surface area contributed by atoms with Crippen molar-refractivity contribution in [1.82, 2.24) is 0 Å². The van der Waals surface area contributed by atoms with E-state index < -0.39 is 11.9 Å². The summed E-state index contributed by atoms with van der Waals surface area (Å²) >= 11 is 0. The smallest absolute Gasteiger partial charge is 0.409 e. The molecule has 13 heavy (non-hydrogen) atoms. The van der Waals surface area contributed by atoms with Crippen LogP contribution in [0.25, 0.3) is 0 Å². The molecule has 0 saturated carbocycles. The molecule has 0 bridgehead atoms. The van der Waals surface area contributed by atoms with Gasteiger partial charge in [-0.1, -0.05) is 0 Å². The van der Waals surface area contributed by atoms with Gasteiger partial charge < -0.3 is 10.5 Å². The normalized spacial score (nSPS) is 8.92. The van der Waals surface area contributed by atoms with Crippen LogP contribution in [0.1, 0.15) is 5.56 Å². The van der Waals surface area contributed by atoms with Crippen LogP contribution < -0.4 is 10.5 Å². The average Bonchev–Trinajstić information content (AvgIpc) is 2.03. The predicted molar refractivity (Wildman–Crippen MR) is 41.3 cm³/mol. The van der Waals surface area contributed by atoms with Gasteiger partial charge in [0, 0.05) is 6.07 Å². The first kappa shape index (κ1) is 9.00. The van der Waals surface area contributed by atoms with Crippen molar-refractivity contribution in [3.05, 3.63) is 29.6 Å². The fourth-order valence-electron chi connectivity index (χ4n) is 0.781. The molecule has 0 fully saturated rings. The number of hydrogen-bond donors (Lipinski definition) is 1. The molecule has 0 aliphatic heterocycles. The van der Waals surface area contributed by atoms with E-state index in [-0.39, 0.29) is 11.3 Å². The lowest BCUT2D eigenvalue weighted by atomic mass is 10.2. The number of primary amides is 1. The number of halogens is 1. The second-order valence-electron chi connectivity index (χ2n) is 2.17. The summed E-state index contributed by atoms with van der Waals surface area (Å²) in [5.41, 5.74) is 4.76. The Kier molecular flexibility index (Phi) is 2.45. The Morgan fingerprint density at radius 3 is 2.85 bits per heavy atom. The Morgan fingerprint density at radius 2 is 2.31 bits per heavy atom. The highest BCUT2D eigenvalue weighted by molar-refractivity contribution is 5.69. The summed E-state index contributed by atoms with van der Waals surface area (Å²) in [4.78, 5) is 10.3. The molecule has 2 N–H and O–H groups in total. The molecule has 0 atom stereocenters. The second-order valence-corrected chi connectivity index (χ2v) is 2.17. The number of rotatable bonds is 1. The molecule has 0 radical (unpaired) electrons. The van der Waals surface area contributed by atoms with Gasteiger partial charge in [-0.05, 0) is 12.1 Å². The van der Waals surface area contributed by atoms with Gasteiger partial charge in [0.2, 0.25) is 0 Å². The number of hydrogen-bond acceptors (Lipinski definition) is 3. The minimum atomic E-state index is -1.08. The molecule has 0 aliphatic rings. The van der Waals surface area contributed by atoms with E-state index in [4.69, 9.17) is 11.0 Å². The molecule has 0 heterocycles. The fraction of sp³-hybridized carbons (Fsp3) is 0. The van der Waals surface area contributed by atoms with E-state index in [9.17, 15) is 9.18 Å². The first-order valence-electron chi connectivity index (χ1n) is 3.30. The van der Waals surface area contributed by atoms with Crippen LogP contribution in [0.2, 0.25) is 0 Å². The minimum Gasteiger partial charge on any atom is -0.409 e. The van der Waals surface area contributed by atoms with Crippen molar-refractivity contribution in [2.45, 2.75) is 0 Å². The predicted octanol–water partition coefficient (Wildman–Crippen LogP) is 1.15. The number of carbonyl (C=O) groups excluding carboxylic acids is 1. The highest BCUT2D eigenvalue weighted by Gasteiger charge is 2.07. The summed E-state index contributed by atoms with van der Waals surface area (Å²) in [7, 11) is 0. The first-order chi connectivity index (χ1) is 6.13. The van der Waals surface area contributed by atoms with Crippen LogP contribution in [0.4, 0.5) is 9.18 Å². The van der Waals surface area contributed by atoms with Crippen molar-refractivity contribution in [1.29, 1.82) is 5.26 Å². The second kappa shape index (κ2) is 3.54. The number of benzene rings is 1. The van der Waals surface area contributed by atoms with Gasteiger partial charge in [0.1, 0.15) is 11.9 Å². The summed E-state index contributed by atoms with van der Waals surface area (Å²) in [6, 6.07) is 4.94. The van der Waals surface area contributed by atoms with E-state index in [1.807, 2.05) is 0 Å². The maximum absolute atomic E-state index is 12.6. The van der Waals surface area contributed by atoms with Crippen molar-refractivity contribution < 1.29 is 13.9 Å². The van der Waals surface area contributed by atoms with Gasteiger partial charge in [0.05, 0.1) is 5.56 Å². The monoisotopic (exact) mass is 180 g/mol. The number of nitriles is 1. The molecule has 1 aromatic rings. The molecule has 5 heteroatoms. The van der Waals surface area contributed by atoms with Crippen LogP contribution in [0.5, 0.6) is 5.75 Å². The standard InChI is InChI=1S/C8H5FN2O2/c9-6-2-1-5(4-10)7(3-6)13-8(11)12/h1-3H,(H2,11,12). The summed E-state index contributed by atoms with van der Waals surface area (Å²) in [6.07, 6.45) is -1.08. The quantitative estimate of drug-likeness (QED) is 0.704. The molecule has 0 spiro atoms. The molecule has 66 valence electrons. The summed E-state index contributed by atoms with van der Waals surface area (Å²) < 4.78 is 17.0. The lowest BCUT2D eigenvalue weighted by Gasteiger charge is -2.01. The SMILES string of the molecule is N#Cc1ccc(F)cc1OC(N)=O. The molecular weight excluding hydrogens is 175 g/mol. The molecule has 0 aromatic heterocycles. The maximum Gasteiger partial charge on any atom is 0.410 e. The van der Waals surface area contributed by atoms with Crippen LogP contribution in [-0.4, -0.2) is 6.09 Å². The molecule has 1 rings (SSSR count). The van der Waals surface area contributed by atoms with Gasteiger partial charge in [-0.15, -0.1) is 0 Å². The number of carbonyl (C=O) groups is 1. The molecule has 0 unspecified atom stereocenters. The zero-order chi connectivity index (χ0) is 9.84. The van der Waals surface area contributed by atoms with Gasteiger partial charge in [-0.2, -0.15) is 5.26 Å². The van der Waals surface area contributed by atoms with Gasteiger partial charge in [-0.25, -0.2) is 9.18 Å². The zero-order valence-corrected chi connectivity index (χ0v) is 6.45. The third-order valence-corrected chi connectivity index (χ3v) is 1.27. The molecule has 0 aliphatic carbocycles. The van der Waals surface area contributed by atoms with Crippen LogP contribution in [-0.2, 0) is 0 Å². The van der Waals surface area contributed by atoms with E-state index in [1.54, 1.807) is 6.07 Å². The number of nitrogens with two attached hydrogens (primary N) is 1. The Morgan fingerprint density at radius 1 is 1.62 bits per heavy atom. The van der Waals surface area contributed by atoms with Crippen LogP contribution >= 0.6 is 0 Å². The van der Waals surface area contributed by atoms with E-state index >= 15 is 0 Å². The van der Waals surface area contributed by atoms with Crippen molar-refractivity contribution in [2.24, 2.45) is 5.73 Å². The molecule has 4 nitrogen and oxygen atoms in total. The van der Waals surface area contributed by atoms with Crippen molar-refractivity contribution >= 4 is 6.09 Å². The zero-order valence-electron chi connectivity index (χ0n) is 6.45. The van der Waals surface area contributed by atoms with E-state index in [1.165, 1.54) is 6.07 Å². The van der Waals surface area contributed by atoms with Gasteiger partial charge in [-0.3, -0.25) is 0 Å². The van der Waals surface area contributed by atoms with Crippen LogP contribution in [0.15, 0.2) is 18.2 Å². The summed E-state index contributed by atoms with van der Waals surface area (Å²) in [6.45, 7) is 0. The topological polar surface area (TPSA) is 76.1 Å². The highest BCUT2D eigenvalue weighted by atomic mass is 19.1. The number of ether oxygens (including phenoxy) is 1. The third-order valence-electron chi connectivity index (χ3n) is 1.27. The van der Waals surface area contributed by atoms with Crippen molar-refractivity contribution in [2.75, 3.05) is 0 Å². The Labute approximate surface area is 73.3 Å². The van der Waals surface area contributed by atoms with Crippen LogP contribution in [0.3, 0.4) is 0 Å².